The number of allylic oxidation sites excluding steroid dienone is 1. The minimum atomic E-state index is -0.292. The van der Waals surface area contributed by atoms with Gasteiger partial charge in [-0.2, -0.15) is 0 Å². The van der Waals surface area contributed by atoms with E-state index in [1.807, 2.05) is 0 Å². The lowest BCUT2D eigenvalue weighted by Gasteiger charge is -2.20. The molecule has 0 N–H and O–H groups in total. The van der Waals surface area contributed by atoms with Crippen LogP contribution in [-0.4, -0.2) is 45.1 Å². The number of aromatic nitrogens is 2. The van der Waals surface area contributed by atoms with Gasteiger partial charge in [-0.25, -0.2) is 9.78 Å². The Morgan fingerprint density at radius 2 is 2.42 bits per heavy atom. The Morgan fingerprint density at radius 3 is 3.19 bits per heavy atom. The van der Waals surface area contributed by atoms with Gasteiger partial charge < -0.3 is 14.2 Å². The highest BCUT2D eigenvalue weighted by molar-refractivity contribution is 7.80. The molecule has 1 aromatic heterocycles. The first-order valence-corrected chi connectivity index (χ1v) is 9.29. The summed E-state index contributed by atoms with van der Waals surface area (Å²) in [6, 6.07) is 0. The second-order valence-corrected chi connectivity index (χ2v) is 7.67. The zero-order valence-electron chi connectivity index (χ0n) is 14.7. The van der Waals surface area contributed by atoms with Crippen molar-refractivity contribution < 1.29 is 19.0 Å². The van der Waals surface area contributed by atoms with Crippen LogP contribution >= 0.6 is 12.2 Å². The third kappa shape index (κ3) is 3.21. The molecule has 1 aliphatic carbocycles. The molecular formula is C19H22N2O4S. The maximum atomic E-state index is 12.0. The molecule has 0 aromatic carbocycles. The van der Waals surface area contributed by atoms with Gasteiger partial charge in [-0.1, -0.05) is 12.7 Å². The van der Waals surface area contributed by atoms with Gasteiger partial charge in [-0.3, -0.25) is 4.57 Å². The van der Waals surface area contributed by atoms with E-state index in [1.54, 1.807) is 23.3 Å². The number of carbonyl (C=O) groups is 1. The van der Waals surface area contributed by atoms with Crippen LogP contribution in [0.1, 0.15) is 32.6 Å². The molecule has 2 aliphatic heterocycles. The van der Waals surface area contributed by atoms with E-state index in [0.29, 0.717) is 17.4 Å². The lowest BCUT2D eigenvalue weighted by molar-refractivity contribution is -0.140. The Bertz CT molecular complexity index is 773. The summed E-state index contributed by atoms with van der Waals surface area (Å²) in [5.74, 6) is -0.295. The lowest BCUT2D eigenvalue weighted by Crippen LogP contribution is -2.29. The molecule has 0 unspecified atom stereocenters. The number of nitrogens with zero attached hydrogens (tertiary/aromatic N) is 2. The summed E-state index contributed by atoms with van der Waals surface area (Å²) >= 11 is 5.28. The van der Waals surface area contributed by atoms with Crippen LogP contribution < -0.4 is 0 Å². The molecule has 3 heterocycles. The van der Waals surface area contributed by atoms with Crippen LogP contribution in [0.25, 0.3) is 0 Å². The van der Waals surface area contributed by atoms with Crippen molar-refractivity contribution in [1.29, 1.82) is 0 Å². The molecule has 0 amide bonds. The van der Waals surface area contributed by atoms with Gasteiger partial charge in [0, 0.05) is 23.9 Å². The van der Waals surface area contributed by atoms with Crippen LogP contribution in [0.2, 0.25) is 0 Å². The van der Waals surface area contributed by atoms with Crippen LogP contribution in [0, 0.1) is 5.92 Å². The first kappa shape index (κ1) is 17.4. The molecule has 4 rings (SSSR count). The molecule has 138 valence electrons. The Morgan fingerprint density at radius 1 is 1.58 bits per heavy atom. The average Bonchev–Trinajstić information content (AvgIpc) is 2.98. The Labute approximate surface area is 157 Å². The number of rotatable bonds is 2. The van der Waals surface area contributed by atoms with Gasteiger partial charge in [-0.05, 0) is 50.4 Å². The van der Waals surface area contributed by atoms with Crippen molar-refractivity contribution in [3.8, 4) is 0 Å². The van der Waals surface area contributed by atoms with Gasteiger partial charge in [0.05, 0.1) is 5.60 Å². The molecule has 0 bridgehead atoms. The van der Waals surface area contributed by atoms with Gasteiger partial charge in [-0.15, -0.1) is 0 Å². The molecule has 0 spiro atoms. The summed E-state index contributed by atoms with van der Waals surface area (Å²) in [6.45, 7) is 6.46. The van der Waals surface area contributed by atoms with Crippen LogP contribution in [-0.2, 0) is 19.0 Å². The maximum absolute atomic E-state index is 12.0. The standard InChI is InChI=1S/C19H22N2O4S/c1-12-14-6-5-13(10-23-18(26)21-9-8-20-11-21)4-3-7-19(2)16(25-19)15(14)24-17(12)22/h4,8-9,11,14-16H,1,3,5-7,10H2,2H3/t14-,15-,16-,19+/m0/s1. The zero-order chi connectivity index (χ0) is 18.3. The largest absolute Gasteiger partial charge is 0.466 e. The van der Waals surface area contributed by atoms with E-state index in [-0.39, 0.29) is 29.7 Å². The lowest BCUT2D eigenvalue weighted by atomic mass is 9.84. The van der Waals surface area contributed by atoms with Crippen molar-refractivity contribution in [2.45, 2.75) is 50.4 Å². The van der Waals surface area contributed by atoms with Crippen molar-refractivity contribution in [3.63, 3.8) is 0 Å². The van der Waals surface area contributed by atoms with E-state index in [4.69, 9.17) is 26.4 Å². The third-order valence-corrected chi connectivity index (χ3v) is 5.86. The fraction of sp³-hybridized carbons (Fsp3) is 0.526. The minimum Gasteiger partial charge on any atom is -0.466 e. The van der Waals surface area contributed by atoms with E-state index >= 15 is 0 Å². The molecule has 4 atom stereocenters. The van der Waals surface area contributed by atoms with Gasteiger partial charge in [0.25, 0.3) is 5.17 Å². The Kier molecular flexibility index (Phi) is 4.44. The predicted molar refractivity (Wildman–Crippen MR) is 98.5 cm³/mol. The zero-order valence-corrected chi connectivity index (χ0v) is 15.5. The quantitative estimate of drug-likeness (QED) is 0.261. The highest BCUT2D eigenvalue weighted by atomic mass is 32.1. The molecule has 1 aromatic rings. The van der Waals surface area contributed by atoms with Gasteiger partial charge in [0.15, 0.2) is 0 Å². The smallest absolute Gasteiger partial charge is 0.334 e. The van der Waals surface area contributed by atoms with Gasteiger partial charge in [0.2, 0.25) is 0 Å². The number of thiocarbonyl (C=S) groups is 1. The van der Waals surface area contributed by atoms with Crippen molar-refractivity contribution >= 4 is 23.4 Å². The summed E-state index contributed by atoms with van der Waals surface area (Å²) in [5, 5.41) is 0.375. The number of hydrogen-bond acceptors (Lipinski definition) is 6. The molecular weight excluding hydrogens is 352 g/mol. The highest BCUT2D eigenvalue weighted by Gasteiger charge is 2.61. The molecule has 0 radical (unpaired) electrons. The second-order valence-electron chi connectivity index (χ2n) is 7.32. The number of esters is 1. The Hall–Kier alpha value is -1.99. The van der Waals surface area contributed by atoms with Crippen molar-refractivity contribution in [2.75, 3.05) is 6.61 Å². The van der Waals surface area contributed by atoms with Gasteiger partial charge in [0.1, 0.15) is 25.1 Å². The van der Waals surface area contributed by atoms with E-state index in [0.717, 1.165) is 25.7 Å². The summed E-state index contributed by atoms with van der Waals surface area (Å²) in [4.78, 5) is 16.0. The number of imidazole rings is 1. The topological polar surface area (TPSA) is 65.9 Å². The molecule has 0 saturated carbocycles. The number of epoxide rings is 1. The summed E-state index contributed by atoms with van der Waals surface area (Å²) in [7, 11) is 0. The van der Waals surface area contributed by atoms with Crippen LogP contribution in [0.5, 0.6) is 0 Å². The van der Waals surface area contributed by atoms with Gasteiger partial charge >= 0.3 is 5.97 Å². The number of carbonyl (C=O) groups excluding carboxylic acids is 1. The molecule has 6 nitrogen and oxygen atoms in total. The Balaban J connectivity index is 1.45. The van der Waals surface area contributed by atoms with E-state index in [9.17, 15) is 4.79 Å². The second kappa shape index (κ2) is 6.63. The number of fused-ring (bicyclic) bond motifs is 3. The number of ether oxygens (including phenoxy) is 3. The highest BCUT2D eigenvalue weighted by Crippen LogP contribution is 2.49. The van der Waals surface area contributed by atoms with Crippen molar-refractivity contribution in [3.05, 3.63) is 42.5 Å². The minimum absolute atomic E-state index is 0.00331. The van der Waals surface area contributed by atoms with Crippen molar-refractivity contribution in [2.24, 2.45) is 5.92 Å². The molecule has 7 heteroatoms. The van der Waals surface area contributed by atoms with E-state index < -0.39 is 0 Å². The predicted octanol–water partition coefficient (Wildman–Crippen LogP) is 2.79. The molecule has 2 saturated heterocycles. The SMILES string of the molecule is C=C1C(=O)O[C@H]2[C@H]1CCC(COC(=S)n1ccnc1)=CCC[C@@]1(C)O[C@@H]21. The fourth-order valence-corrected chi connectivity index (χ4v) is 4.01. The van der Waals surface area contributed by atoms with Crippen molar-refractivity contribution in [1.82, 2.24) is 9.55 Å². The van der Waals surface area contributed by atoms with Crippen LogP contribution in [0.4, 0.5) is 0 Å². The van der Waals surface area contributed by atoms with Crippen LogP contribution in [0.3, 0.4) is 0 Å². The monoisotopic (exact) mass is 374 g/mol. The fourth-order valence-electron chi connectivity index (χ4n) is 3.85. The summed E-state index contributed by atoms with van der Waals surface area (Å²) in [5.41, 5.74) is 1.50. The number of hydrogen-bond donors (Lipinski definition) is 0. The maximum Gasteiger partial charge on any atom is 0.334 e. The third-order valence-electron chi connectivity index (χ3n) is 5.54. The first-order chi connectivity index (χ1) is 12.5. The average molecular weight is 374 g/mol. The summed E-state index contributed by atoms with van der Waals surface area (Å²) in [6.07, 6.45) is 10.4. The van der Waals surface area contributed by atoms with E-state index in [1.165, 1.54) is 5.57 Å². The first-order valence-electron chi connectivity index (χ1n) is 8.88. The molecule has 2 fully saturated rings. The molecule has 26 heavy (non-hydrogen) atoms. The van der Waals surface area contributed by atoms with Crippen LogP contribution in [0.15, 0.2) is 42.5 Å². The van der Waals surface area contributed by atoms with E-state index in [2.05, 4.69) is 24.6 Å². The normalized spacial score (nSPS) is 33.6. The molecule has 3 aliphatic rings. The summed E-state index contributed by atoms with van der Waals surface area (Å²) < 4.78 is 18.9.